The van der Waals surface area contributed by atoms with Crippen molar-refractivity contribution in [2.24, 2.45) is 0 Å². The van der Waals surface area contributed by atoms with Crippen molar-refractivity contribution in [3.05, 3.63) is 59.9 Å². The zero-order valence-electron chi connectivity index (χ0n) is 11.7. The zero-order chi connectivity index (χ0) is 14.4. The maximum Gasteiger partial charge on any atom is 0.356 e. The molecular weight excluding hydrogens is 252 g/mol. The molecule has 4 heteroatoms. The molecule has 0 radical (unpaired) electrons. The minimum Gasteiger partial charge on any atom is -0.464 e. The van der Waals surface area contributed by atoms with E-state index in [0.717, 1.165) is 12.1 Å². The van der Waals surface area contributed by atoms with Crippen LogP contribution in [-0.2, 0) is 11.2 Å². The van der Waals surface area contributed by atoms with Gasteiger partial charge in [0.25, 0.3) is 0 Å². The van der Waals surface area contributed by atoms with E-state index in [1.165, 1.54) is 12.7 Å². The first-order chi connectivity index (χ1) is 9.69. The van der Waals surface area contributed by atoms with Gasteiger partial charge >= 0.3 is 5.97 Å². The number of anilines is 1. The summed E-state index contributed by atoms with van der Waals surface area (Å²) < 4.78 is 4.66. The maximum atomic E-state index is 11.4. The van der Waals surface area contributed by atoms with Gasteiger partial charge in [-0.2, -0.15) is 0 Å². The third-order valence-corrected chi connectivity index (χ3v) is 2.95. The number of hydrogen-bond donors (Lipinski definition) is 1. The Morgan fingerprint density at radius 3 is 2.75 bits per heavy atom. The van der Waals surface area contributed by atoms with Crippen LogP contribution in [0.2, 0.25) is 0 Å². The molecule has 0 aliphatic rings. The highest BCUT2D eigenvalue weighted by Gasteiger charge is 2.09. The lowest BCUT2D eigenvalue weighted by Crippen LogP contribution is -2.18. The summed E-state index contributed by atoms with van der Waals surface area (Å²) in [4.78, 5) is 15.4. The summed E-state index contributed by atoms with van der Waals surface area (Å²) in [6, 6.07) is 14.1. The van der Waals surface area contributed by atoms with E-state index in [2.05, 4.69) is 34.1 Å². The van der Waals surface area contributed by atoms with Crippen LogP contribution < -0.4 is 5.32 Å². The Balaban J connectivity index is 2.01. The van der Waals surface area contributed by atoms with Crippen LogP contribution in [0.1, 0.15) is 23.0 Å². The van der Waals surface area contributed by atoms with Crippen LogP contribution in [-0.4, -0.2) is 24.1 Å². The first-order valence-electron chi connectivity index (χ1n) is 6.54. The molecule has 0 aliphatic carbocycles. The number of methoxy groups -OCH3 is 1. The van der Waals surface area contributed by atoms with E-state index >= 15 is 0 Å². The van der Waals surface area contributed by atoms with Gasteiger partial charge in [0.15, 0.2) is 0 Å². The summed E-state index contributed by atoms with van der Waals surface area (Å²) in [6.45, 7) is 2.10. The van der Waals surface area contributed by atoms with Crippen molar-refractivity contribution >= 4 is 11.7 Å². The Labute approximate surface area is 118 Å². The number of benzene rings is 1. The van der Waals surface area contributed by atoms with Crippen molar-refractivity contribution < 1.29 is 9.53 Å². The van der Waals surface area contributed by atoms with Crippen molar-refractivity contribution in [2.75, 3.05) is 12.4 Å². The lowest BCUT2D eigenvalue weighted by atomic mass is 10.1. The molecular formula is C16H18N2O2. The number of ether oxygens (including phenoxy) is 1. The Kier molecular flexibility index (Phi) is 4.71. The molecule has 1 N–H and O–H groups in total. The standard InChI is InChI=1S/C16H18N2O2/c1-12(10-13-6-4-3-5-7-13)18-14-8-9-17-15(11-14)16(19)20-2/h3-9,11-12H,10H2,1-2H3,(H,17,18). The van der Waals surface area contributed by atoms with Crippen LogP contribution in [0, 0.1) is 0 Å². The lowest BCUT2D eigenvalue weighted by Gasteiger charge is -2.15. The molecule has 2 rings (SSSR count). The van der Waals surface area contributed by atoms with Gasteiger partial charge in [0.2, 0.25) is 0 Å². The number of nitrogens with one attached hydrogen (secondary N) is 1. The first-order valence-corrected chi connectivity index (χ1v) is 6.54. The molecule has 4 nitrogen and oxygen atoms in total. The molecule has 1 atom stereocenters. The number of pyridine rings is 1. The monoisotopic (exact) mass is 270 g/mol. The van der Waals surface area contributed by atoms with Crippen molar-refractivity contribution in [1.82, 2.24) is 4.98 Å². The van der Waals surface area contributed by atoms with E-state index in [1.807, 2.05) is 24.3 Å². The summed E-state index contributed by atoms with van der Waals surface area (Å²) in [5.74, 6) is -0.427. The highest BCUT2D eigenvalue weighted by Crippen LogP contribution is 2.12. The Bertz CT molecular complexity index is 570. The zero-order valence-corrected chi connectivity index (χ0v) is 11.7. The minimum atomic E-state index is -0.427. The van der Waals surface area contributed by atoms with Gasteiger partial charge in [-0.05, 0) is 31.0 Å². The molecule has 20 heavy (non-hydrogen) atoms. The van der Waals surface area contributed by atoms with E-state index in [4.69, 9.17) is 0 Å². The molecule has 2 aromatic rings. The van der Waals surface area contributed by atoms with Gasteiger partial charge in [0.1, 0.15) is 5.69 Å². The molecule has 0 amide bonds. The van der Waals surface area contributed by atoms with Gasteiger partial charge in [0.05, 0.1) is 7.11 Å². The number of esters is 1. The third kappa shape index (κ3) is 3.82. The van der Waals surface area contributed by atoms with E-state index in [-0.39, 0.29) is 6.04 Å². The van der Waals surface area contributed by atoms with E-state index in [0.29, 0.717) is 5.69 Å². The summed E-state index contributed by atoms with van der Waals surface area (Å²) in [7, 11) is 1.35. The fourth-order valence-corrected chi connectivity index (χ4v) is 2.04. The van der Waals surface area contributed by atoms with Crippen LogP contribution in [0.5, 0.6) is 0 Å². The van der Waals surface area contributed by atoms with Crippen molar-refractivity contribution in [3.63, 3.8) is 0 Å². The van der Waals surface area contributed by atoms with E-state index in [9.17, 15) is 4.79 Å². The second-order valence-corrected chi connectivity index (χ2v) is 4.66. The summed E-state index contributed by atoms with van der Waals surface area (Å²) in [6.07, 6.45) is 2.51. The number of nitrogens with zero attached hydrogens (tertiary/aromatic N) is 1. The van der Waals surface area contributed by atoms with Crippen LogP contribution >= 0.6 is 0 Å². The Morgan fingerprint density at radius 2 is 2.05 bits per heavy atom. The van der Waals surface area contributed by atoms with Gasteiger partial charge in [-0.1, -0.05) is 30.3 Å². The van der Waals surface area contributed by atoms with E-state index in [1.54, 1.807) is 12.3 Å². The fourth-order valence-electron chi connectivity index (χ4n) is 2.04. The molecule has 0 spiro atoms. The fraction of sp³-hybridized carbons (Fsp3) is 0.250. The molecule has 0 bridgehead atoms. The highest BCUT2D eigenvalue weighted by molar-refractivity contribution is 5.88. The van der Waals surface area contributed by atoms with Gasteiger partial charge in [-0.3, -0.25) is 0 Å². The number of carbonyl (C=O) groups excluding carboxylic acids is 1. The number of aromatic nitrogens is 1. The second kappa shape index (κ2) is 6.70. The normalized spacial score (nSPS) is 11.7. The van der Waals surface area contributed by atoms with Crippen LogP contribution in [0.15, 0.2) is 48.7 Å². The molecule has 0 saturated carbocycles. The van der Waals surface area contributed by atoms with Gasteiger partial charge < -0.3 is 10.1 Å². The summed E-state index contributed by atoms with van der Waals surface area (Å²) in [5.41, 5.74) is 2.45. The first kappa shape index (κ1) is 14.1. The van der Waals surface area contributed by atoms with E-state index < -0.39 is 5.97 Å². The molecule has 0 fully saturated rings. The Morgan fingerprint density at radius 1 is 1.30 bits per heavy atom. The average Bonchev–Trinajstić information content (AvgIpc) is 2.47. The number of carbonyl (C=O) groups is 1. The van der Waals surface area contributed by atoms with Crippen molar-refractivity contribution in [2.45, 2.75) is 19.4 Å². The molecule has 0 aliphatic heterocycles. The minimum absolute atomic E-state index is 0.255. The van der Waals surface area contributed by atoms with Crippen molar-refractivity contribution in [1.29, 1.82) is 0 Å². The second-order valence-electron chi connectivity index (χ2n) is 4.66. The Hall–Kier alpha value is -2.36. The van der Waals surface area contributed by atoms with Crippen molar-refractivity contribution in [3.8, 4) is 0 Å². The molecule has 1 aromatic heterocycles. The van der Waals surface area contributed by atoms with Crippen LogP contribution in [0.4, 0.5) is 5.69 Å². The summed E-state index contributed by atoms with van der Waals surface area (Å²) >= 11 is 0. The molecule has 1 heterocycles. The predicted octanol–water partition coefficient (Wildman–Crippen LogP) is 2.91. The average molecular weight is 270 g/mol. The largest absolute Gasteiger partial charge is 0.464 e. The van der Waals surface area contributed by atoms with Crippen LogP contribution in [0.25, 0.3) is 0 Å². The molecule has 1 unspecified atom stereocenters. The summed E-state index contributed by atoms with van der Waals surface area (Å²) in [5, 5.41) is 3.36. The van der Waals surface area contributed by atoms with Gasteiger partial charge in [-0.15, -0.1) is 0 Å². The maximum absolute atomic E-state index is 11.4. The number of hydrogen-bond acceptors (Lipinski definition) is 4. The molecule has 104 valence electrons. The highest BCUT2D eigenvalue weighted by atomic mass is 16.5. The molecule has 1 aromatic carbocycles. The molecule has 0 saturated heterocycles. The third-order valence-electron chi connectivity index (χ3n) is 2.95. The SMILES string of the molecule is COC(=O)c1cc(NC(C)Cc2ccccc2)ccn1. The number of rotatable bonds is 5. The van der Waals surface area contributed by atoms with Gasteiger partial charge in [0, 0.05) is 17.9 Å². The quantitative estimate of drug-likeness (QED) is 0.849. The van der Waals surface area contributed by atoms with Crippen LogP contribution in [0.3, 0.4) is 0 Å². The lowest BCUT2D eigenvalue weighted by molar-refractivity contribution is 0.0594. The van der Waals surface area contributed by atoms with Gasteiger partial charge in [-0.25, -0.2) is 9.78 Å². The predicted molar refractivity (Wildman–Crippen MR) is 78.8 cm³/mol. The smallest absolute Gasteiger partial charge is 0.356 e. The topological polar surface area (TPSA) is 51.2 Å².